The van der Waals surface area contributed by atoms with E-state index in [9.17, 15) is 8.78 Å². The molecule has 0 saturated heterocycles. The number of nitrogens with one attached hydrogen (secondary N) is 1. The predicted molar refractivity (Wildman–Crippen MR) is 78.8 cm³/mol. The molecule has 0 amide bonds. The van der Waals surface area contributed by atoms with E-state index in [1.165, 1.54) is 12.1 Å². The fraction of sp³-hybridized carbons (Fsp3) is 0.294. The molecule has 0 radical (unpaired) electrons. The van der Waals surface area contributed by atoms with Crippen LogP contribution in [0.25, 0.3) is 0 Å². The van der Waals surface area contributed by atoms with Gasteiger partial charge in [0.15, 0.2) is 0 Å². The van der Waals surface area contributed by atoms with E-state index in [0.29, 0.717) is 5.56 Å². The molecule has 20 heavy (non-hydrogen) atoms. The predicted octanol–water partition coefficient (Wildman–Crippen LogP) is 5.23. The second kappa shape index (κ2) is 6.51. The van der Waals surface area contributed by atoms with Gasteiger partial charge in [0.2, 0.25) is 0 Å². The molecule has 0 spiro atoms. The van der Waals surface area contributed by atoms with Crippen LogP contribution in [0, 0.1) is 18.6 Å². The maximum atomic E-state index is 13.9. The van der Waals surface area contributed by atoms with Crippen LogP contribution < -0.4 is 5.32 Å². The third-order valence-corrected chi connectivity index (χ3v) is 3.36. The summed E-state index contributed by atoms with van der Waals surface area (Å²) in [6.07, 6.45) is 1.82. The van der Waals surface area contributed by atoms with Crippen LogP contribution in [0.15, 0.2) is 42.5 Å². The lowest BCUT2D eigenvalue weighted by Gasteiger charge is -2.20. The summed E-state index contributed by atoms with van der Waals surface area (Å²) in [5.41, 5.74) is 1.62. The summed E-state index contributed by atoms with van der Waals surface area (Å²) >= 11 is 0. The number of anilines is 1. The molecule has 0 fully saturated rings. The largest absolute Gasteiger partial charge is 0.376 e. The highest BCUT2D eigenvalue weighted by Gasteiger charge is 2.14. The van der Waals surface area contributed by atoms with Crippen LogP contribution in [0.2, 0.25) is 0 Å². The summed E-state index contributed by atoms with van der Waals surface area (Å²) in [5, 5.41) is 3.12. The van der Waals surface area contributed by atoms with E-state index in [1.54, 1.807) is 6.92 Å². The topological polar surface area (TPSA) is 12.0 Å². The van der Waals surface area contributed by atoms with Crippen molar-refractivity contribution in [3.05, 3.63) is 65.2 Å². The highest BCUT2D eigenvalue weighted by Crippen LogP contribution is 2.27. The number of hydrogen-bond donors (Lipinski definition) is 1. The van der Waals surface area contributed by atoms with Crippen LogP contribution in [0.5, 0.6) is 0 Å². The Labute approximate surface area is 118 Å². The van der Waals surface area contributed by atoms with Gasteiger partial charge in [-0.1, -0.05) is 43.7 Å². The Balaban J connectivity index is 2.27. The molecule has 1 unspecified atom stereocenters. The number of halogens is 2. The molecule has 106 valence electrons. The first-order valence-corrected chi connectivity index (χ1v) is 6.89. The number of hydrogen-bond acceptors (Lipinski definition) is 1. The average molecular weight is 275 g/mol. The summed E-state index contributed by atoms with van der Waals surface area (Å²) in [4.78, 5) is 0. The Morgan fingerprint density at radius 2 is 1.75 bits per heavy atom. The van der Waals surface area contributed by atoms with Crippen molar-refractivity contribution in [2.45, 2.75) is 32.7 Å². The molecule has 0 heterocycles. The summed E-state index contributed by atoms with van der Waals surface area (Å²) < 4.78 is 27.5. The van der Waals surface area contributed by atoms with Crippen LogP contribution in [-0.2, 0) is 0 Å². The normalized spacial score (nSPS) is 12.2. The molecule has 2 rings (SSSR count). The molecular weight excluding hydrogens is 256 g/mol. The van der Waals surface area contributed by atoms with Gasteiger partial charge in [0.25, 0.3) is 0 Å². The molecule has 0 saturated carbocycles. The molecule has 2 aromatic carbocycles. The van der Waals surface area contributed by atoms with Gasteiger partial charge in [-0.05, 0) is 30.5 Å². The lowest BCUT2D eigenvalue weighted by molar-refractivity contribution is 0.588. The molecule has 0 aliphatic heterocycles. The summed E-state index contributed by atoms with van der Waals surface area (Å²) in [6, 6.07) is 12.3. The average Bonchev–Trinajstić information content (AvgIpc) is 2.45. The van der Waals surface area contributed by atoms with Crippen molar-refractivity contribution in [1.29, 1.82) is 0 Å². The lowest BCUT2D eigenvalue weighted by Crippen LogP contribution is -2.12. The highest BCUT2D eigenvalue weighted by atomic mass is 19.1. The van der Waals surface area contributed by atoms with Crippen LogP contribution in [-0.4, -0.2) is 0 Å². The Morgan fingerprint density at radius 3 is 2.40 bits per heavy atom. The molecule has 0 bridgehead atoms. The van der Waals surface area contributed by atoms with Crippen LogP contribution >= 0.6 is 0 Å². The standard InChI is InChI=1S/C17H19F2N/c1-3-7-16(13-8-5-4-6-9-13)20-17-11-14(18)12(2)10-15(17)19/h4-6,8-11,16,20H,3,7H2,1-2H3. The van der Waals surface area contributed by atoms with E-state index >= 15 is 0 Å². The van der Waals surface area contributed by atoms with Crippen LogP contribution in [0.3, 0.4) is 0 Å². The number of aryl methyl sites for hydroxylation is 1. The van der Waals surface area contributed by atoms with Gasteiger partial charge >= 0.3 is 0 Å². The Morgan fingerprint density at radius 1 is 1.05 bits per heavy atom. The molecule has 0 aromatic heterocycles. The zero-order valence-corrected chi connectivity index (χ0v) is 11.8. The maximum Gasteiger partial charge on any atom is 0.146 e. The minimum absolute atomic E-state index is 0.0159. The van der Waals surface area contributed by atoms with Crippen molar-refractivity contribution in [2.24, 2.45) is 0 Å². The fourth-order valence-corrected chi connectivity index (χ4v) is 2.24. The van der Waals surface area contributed by atoms with E-state index in [1.807, 2.05) is 30.3 Å². The first-order valence-electron chi connectivity index (χ1n) is 6.89. The van der Waals surface area contributed by atoms with Crippen molar-refractivity contribution < 1.29 is 8.78 Å². The molecule has 3 heteroatoms. The van der Waals surface area contributed by atoms with Gasteiger partial charge in [0, 0.05) is 6.07 Å². The molecule has 2 aromatic rings. The van der Waals surface area contributed by atoms with E-state index in [0.717, 1.165) is 18.4 Å². The molecule has 1 N–H and O–H groups in total. The SMILES string of the molecule is CCCC(Nc1cc(F)c(C)cc1F)c1ccccc1. The van der Waals surface area contributed by atoms with Crippen LogP contribution in [0.4, 0.5) is 14.5 Å². The molecule has 1 nitrogen and oxygen atoms in total. The Bertz CT molecular complexity index is 567. The third kappa shape index (κ3) is 3.35. The Kier molecular flexibility index (Phi) is 4.72. The summed E-state index contributed by atoms with van der Waals surface area (Å²) in [7, 11) is 0. The minimum atomic E-state index is -0.416. The van der Waals surface area contributed by atoms with E-state index in [2.05, 4.69) is 12.2 Å². The minimum Gasteiger partial charge on any atom is -0.376 e. The molecule has 1 atom stereocenters. The van der Waals surface area contributed by atoms with E-state index in [-0.39, 0.29) is 11.7 Å². The second-order valence-corrected chi connectivity index (χ2v) is 4.98. The maximum absolute atomic E-state index is 13.9. The van der Waals surface area contributed by atoms with Crippen LogP contribution in [0.1, 0.15) is 36.9 Å². The number of benzene rings is 2. The van der Waals surface area contributed by atoms with Crippen molar-refractivity contribution in [1.82, 2.24) is 0 Å². The first-order chi connectivity index (χ1) is 9.61. The fourth-order valence-electron chi connectivity index (χ4n) is 2.24. The van der Waals surface area contributed by atoms with Crippen molar-refractivity contribution >= 4 is 5.69 Å². The van der Waals surface area contributed by atoms with Gasteiger partial charge in [-0.15, -0.1) is 0 Å². The second-order valence-electron chi connectivity index (χ2n) is 4.98. The molecule has 0 aliphatic rings. The Hall–Kier alpha value is -1.90. The first kappa shape index (κ1) is 14.5. The summed E-state index contributed by atoms with van der Waals surface area (Å²) in [5.74, 6) is -0.807. The zero-order chi connectivity index (χ0) is 14.5. The van der Waals surface area contributed by atoms with Gasteiger partial charge < -0.3 is 5.32 Å². The van der Waals surface area contributed by atoms with E-state index < -0.39 is 11.6 Å². The lowest BCUT2D eigenvalue weighted by atomic mass is 10.0. The summed E-state index contributed by atoms with van der Waals surface area (Å²) in [6.45, 7) is 3.63. The monoisotopic (exact) mass is 275 g/mol. The van der Waals surface area contributed by atoms with Gasteiger partial charge in [-0.2, -0.15) is 0 Å². The van der Waals surface area contributed by atoms with Gasteiger partial charge in [0.05, 0.1) is 11.7 Å². The van der Waals surface area contributed by atoms with Gasteiger partial charge in [-0.25, -0.2) is 8.78 Å². The van der Waals surface area contributed by atoms with Gasteiger partial charge in [0.1, 0.15) is 11.6 Å². The van der Waals surface area contributed by atoms with Crippen molar-refractivity contribution in [3.63, 3.8) is 0 Å². The third-order valence-electron chi connectivity index (χ3n) is 3.36. The van der Waals surface area contributed by atoms with Gasteiger partial charge in [-0.3, -0.25) is 0 Å². The van der Waals surface area contributed by atoms with Crippen molar-refractivity contribution in [3.8, 4) is 0 Å². The highest BCUT2D eigenvalue weighted by molar-refractivity contribution is 5.48. The smallest absolute Gasteiger partial charge is 0.146 e. The number of rotatable bonds is 5. The quantitative estimate of drug-likeness (QED) is 0.788. The van der Waals surface area contributed by atoms with E-state index in [4.69, 9.17) is 0 Å². The zero-order valence-electron chi connectivity index (χ0n) is 11.8. The molecular formula is C17H19F2N. The molecule has 0 aliphatic carbocycles. The van der Waals surface area contributed by atoms with Crippen molar-refractivity contribution in [2.75, 3.05) is 5.32 Å².